The first kappa shape index (κ1) is 29.1. The van der Waals surface area contributed by atoms with E-state index >= 15 is 0 Å². The van der Waals surface area contributed by atoms with Gasteiger partial charge in [-0.15, -0.1) is 0 Å². The van der Waals surface area contributed by atoms with Crippen LogP contribution < -0.4 is 0 Å². The van der Waals surface area contributed by atoms with E-state index in [0.29, 0.717) is 5.41 Å². The van der Waals surface area contributed by atoms with E-state index in [1.54, 1.807) is 0 Å². The van der Waals surface area contributed by atoms with Crippen molar-refractivity contribution in [2.75, 3.05) is 66.0 Å². The average molecular weight is 430 g/mol. The molecule has 0 aromatic rings. The van der Waals surface area contributed by atoms with Gasteiger partial charge < -0.3 is 19.1 Å². The summed E-state index contributed by atoms with van der Waals surface area (Å²) in [7, 11) is 0.380. The van der Waals surface area contributed by atoms with Crippen LogP contribution in [0.3, 0.4) is 0 Å². The zero-order valence-electron chi connectivity index (χ0n) is 21.6. The monoisotopic (exact) mass is 429 g/mol. The minimum atomic E-state index is -1.55. The molecule has 0 bridgehead atoms. The summed E-state index contributed by atoms with van der Waals surface area (Å²) in [5.74, 6) is 0. The zero-order chi connectivity index (χ0) is 22.3. The molecule has 0 aliphatic heterocycles. The minimum Gasteiger partial charge on any atom is -0.420 e. The van der Waals surface area contributed by atoms with Crippen LogP contribution in [0.15, 0.2) is 0 Å². The van der Waals surface area contributed by atoms with Gasteiger partial charge in [-0.1, -0.05) is 41.5 Å². The maximum atomic E-state index is 5.94. The van der Waals surface area contributed by atoms with E-state index in [1.165, 1.54) is 51.4 Å². The van der Waals surface area contributed by atoms with E-state index in [9.17, 15) is 0 Å². The molecule has 0 unspecified atom stereocenters. The van der Waals surface area contributed by atoms with Crippen LogP contribution in [0.4, 0.5) is 0 Å². The molecule has 4 nitrogen and oxygen atoms in total. The first-order valence-corrected chi connectivity index (χ1v) is 15.6. The van der Waals surface area contributed by atoms with Gasteiger partial charge in [0, 0.05) is 7.11 Å². The van der Waals surface area contributed by atoms with Gasteiger partial charge in [0.1, 0.15) is 0 Å². The van der Waals surface area contributed by atoms with Crippen LogP contribution in [0.25, 0.3) is 0 Å². The summed E-state index contributed by atoms with van der Waals surface area (Å²) in [5.41, 5.74) is 0.427. The quantitative estimate of drug-likeness (QED) is 0.255. The minimum absolute atomic E-state index is 0.427. The van der Waals surface area contributed by atoms with Crippen molar-refractivity contribution in [1.29, 1.82) is 0 Å². The third-order valence-corrected chi connectivity index (χ3v) is 9.93. The maximum Gasteiger partial charge on any atom is 0.186 e. The SMILES string of the molecule is CCN(CC)CCC(CCN(CC)CC)(CCN(CC)CC)CC[Si](C)(C)OC. The molecular weight excluding hydrogens is 374 g/mol. The van der Waals surface area contributed by atoms with E-state index in [4.69, 9.17) is 4.43 Å². The summed E-state index contributed by atoms with van der Waals surface area (Å²) in [5, 5.41) is 0. The third-order valence-electron chi connectivity index (χ3n) is 7.37. The summed E-state index contributed by atoms with van der Waals surface area (Å²) in [4.78, 5) is 7.84. The number of hydrogen-bond donors (Lipinski definition) is 0. The average Bonchev–Trinajstić information content (AvgIpc) is 2.74. The van der Waals surface area contributed by atoms with E-state index < -0.39 is 8.32 Å². The molecule has 0 aromatic heterocycles. The second kappa shape index (κ2) is 15.8. The van der Waals surface area contributed by atoms with Gasteiger partial charge in [0.05, 0.1) is 0 Å². The molecule has 29 heavy (non-hydrogen) atoms. The predicted molar refractivity (Wildman–Crippen MR) is 134 cm³/mol. The van der Waals surface area contributed by atoms with Crippen LogP contribution in [0.2, 0.25) is 19.1 Å². The molecule has 0 heterocycles. The standard InChI is InChI=1S/C24H55N3OSi/c1-10-25(11-2)20-16-24(17-21-26(12-3)13-4,18-22-27(14-5)15-6)19-23-29(8,9)28-7/h10-23H2,1-9H3. The highest BCUT2D eigenvalue weighted by atomic mass is 28.4. The molecule has 0 aliphatic rings. The molecule has 0 saturated carbocycles. The molecule has 176 valence electrons. The molecule has 5 heteroatoms. The lowest BCUT2D eigenvalue weighted by molar-refractivity contribution is 0.122. The Morgan fingerprint density at radius 1 is 0.586 bits per heavy atom. The fourth-order valence-corrected chi connectivity index (χ4v) is 5.56. The van der Waals surface area contributed by atoms with Crippen LogP contribution in [0, 0.1) is 5.41 Å². The summed E-state index contributed by atoms with van der Waals surface area (Å²) < 4.78 is 5.94. The molecule has 0 N–H and O–H groups in total. The molecule has 0 fully saturated rings. The van der Waals surface area contributed by atoms with Gasteiger partial charge >= 0.3 is 0 Å². The number of rotatable bonds is 19. The summed E-state index contributed by atoms with van der Waals surface area (Å²) in [6, 6.07) is 1.28. The Labute approximate surface area is 185 Å². The first-order valence-electron chi connectivity index (χ1n) is 12.5. The Kier molecular flexibility index (Phi) is 15.8. The Morgan fingerprint density at radius 3 is 1.14 bits per heavy atom. The van der Waals surface area contributed by atoms with E-state index in [1.807, 2.05) is 7.11 Å². The largest absolute Gasteiger partial charge is 0.420 e. The fraction of sp³-hybridized carbons (Fsp3) is 1.00. The summed E-state index contributed by atoms with van der Waals surface area (Å²) >= 11 is 0. The van der Waals surface area contributed by atoms with Crippen molar-refractivity contribution < 1.29 is 4.43 Å². The lowest BCUT2D eigenvalue weighted by Crippen LogP contribution is -2.39. The van der Waals surface area contributed by atoms with Gasteiger partial charge in [-0.25, -0.2) is 0 Å². The normalized spacial score (nSPS) is 13.2. The lowest BCUT2D eigenvalue weighted by atomic mass is 9.75. The number of nitrogens with zero attached hydrogens (tertiary/aromatic N) is 3. The van der Waals surface area contributed by atoms with Crippen molar-refractivity contribution in [1.82, 2.24) is 14.7 Å². The van der Waals surface area contributed by atoms with Crippen molar-refractivity contribution in [3.05, 3.63) is 0 Å². The molecule has 0 saturated heterocycles. The van der Waals surface area contributed by atoms with Gasteiger partial charge in [0.15, 0.2) is 8.32 Å². The van der Waals surface area contributed by atoms with Crippen molar-refractivity contribution in [3.8, 4) is 0 Å². The van der Waals surface area contributed by atoms with Gasteiger partial charge in [0.25, 0.3) is 0 Å². The second-order valence-electron chi connectivity index (χ2n) is 9.29. The Hall–Kier alpha value is 0.0569. The highest BCUT2D eigenvalue weighted by Gasteiger charge is 2.34. The topological polar surface area (TPSA) is 19.0 Å². The highest BCUT2D eigenvalue weighted by molar-refractivity contribution is 6.71. The fourth-order valence-electron chi connectivity index (χ4n) is 4.22. The van der Waals surface area contributed by atoms with Crippen molar-refractivity contribution in [2.24, 2.45) is 5.41 Å². The Balaban J connectivity index is 5.52. The molecule has 0 aromatic carbocycles. The van der Waals surface area contributed by atoms with Crippen molar-refractivity contribution in [2.45, 2.75) is 86.4 Å². The molecular formula is C24H55N3OSi. The molecule has 0 atom stereocenters. The van der Waals surface area contributed by atoms with E-state index in [0.717, 1.165) is 39.3 Å². The van der Waals surface area contributed by atoms with Crippen LogP contribution in [-0.4, -0.2) is 89.0 Å². The molecule has 0 spiro atoms. The molecule has 0 radical (unpaired) electrons. The van der Waals surface area contributed by atoms with E-state index in [2.05, 4.69) is 69.3 Å². The van der Waals surface area contributed by atoms with Gasteiger partial charge in [-0.2, -0.15) is 0 Å². The van der Waals surface area contributed by atoms with Crippen LogP contribution in [0.1, 0.15) is 67.2 Å². The van der Waals surface area contributed by atoms with Crippen LogP contribution >= 0.6 is 0 Å². The van der Waals surface area contributed by atoms with Crippen molar-refractivity contribution in [3.63, 3.8) is 0 Å². The third kappa shape index (κ3) is 11.9. The predicted octanol–water partition coefficient (Wildman–Crippen LogP) is 5.41. The Bertz CT molecular complexity index is 340. The molecule has 0 aliphatic carbocycles. The van der Waals surface area contributed by atoms with Gasteiger partial charge in [-0.3, -0.25) is 0 Å². The zero-order valence-corrected chi connectivity index (χ0v) is 22.6. The number of hydrogen-bond acceptors (Lipinski definition) is 4. The Morgan fingerprint density at radius 2 is 0.897 bits per heavy atom. The van der Waals surface area contributed by atoms with Gasteiger partial charge in [0.2, 0.25) is 0 Å². The van der Waals surface area contributed by atoms with Crippen LogP contribution in [-0.2, 0) is 4.43 Å². The summed E-state index contributed by atoms with van der Waals surface area (Å²) in [6.07, 6.45) is 5.30. The maximum absolute atomic E-state index is 5.94. The lowest BCUT2D eigenvalue weighted by Gasteiger charge is -2.40. The van der Waals surface area contributed by atoms with Gasteiger partial charge in [-0.05, 0) is 109 Å². The van der Waals surface area contributed by atoms with Crippen molar-refractivity contribution >= 4 is 8.32 Å². The molecule has 0 rings (SSSR count). The highest BCUT2D eigenvalue weighted by Crippen LogP contribution is 2.39. The summed E-state index contributed by atoms with van der Waals surface area (Å²) in [6.45, 7) is 29.3. The smallest absolute Gasteiger partial charge is 0.186 e. The van der Waals surface area contributed by atoms with E-state index in [-0.39, 0.29) is 0 Å². The first-order chi connectivity index (χ1) is 13.7. The molecule has 0 amide bonds. The second-order valence-corrected chi connectivity index (χ2v) is 13.7. The van der Waals surface area contributed by atoms with Crippen LogP contribution in [0.5, 0.6) is 0 Å².